The lowest BCUT2D eigenvalue weighted by molar-refractivity contribution is 0.0130. The van der Waals surface area contributed by atoms with Gasteiger partial charge in [0, 0.05) is 38.9 Å². The highest BCUT2D eigenvalue weighted by Crippen LogP contribution is 2.36. The molecule has 0 spiro atoms. The summed E-state index contributed by atoms with van der Waals surface area (Å²) in [4.78, 5) is 21.4. The lowest BCUT2D eigenvalue weighted by Gasteiger charge is -2.28. The van der Waals surface area contributed by atoms with E-state index in [-0.39, 0.29) is 5.92 Å². The van der Waals surface area contributed by atoms with Crippen molar-refractivity contribution in [3.63, 3.8) is 0 Å². The average molecular weight is 514 g/mol. The number of nitrogens with zero attached hydrogens (tertiary/aromatic N) is 5. The molecule has 1 aliphatic rings. The Kier molecular flexibility index (Phi) is 8.71. The molecule has 1 fully saturated rings. The van der Waals surface area contributed by atoms with Crippen LogP contribution < -0.4 is 10.6 Å². The summed E-state index contributed by atoms with van der Waals surface area (Å²) in [6.07, 6.45) is 3.58. The number of ether oxygens (including phenoxy) is 1. The molecule has 4 heterocycles. The molecule has 4 rings (SSSR count). The van der Waals surface area contributed by atoms with Gasteiger partial charge in [-0.2, -0.15) is 4.98 Å². The fraction of sp³-hybridized carbons (Fsp3) is 0.615. The van der Waals surface area contributed by atoms with Crippen molar-refractivity contribution in [3.05, 3.63) is 23.7 Å². The Morgan fingerprint density at radius 2 is 1.89 bits per heavy atom. The number of aryl methyl sites for hydroxylation is 2. The molecular weight excluding hydrogens is 474 g/mol. The number of aliphatic hydroxyl groups is 1. The first-order valence-electron chi connectivity index (χ1n) is 12.9. The van der Waals surface area contributed by atoms with E-state index in [1.807, 2.05) is 40.0 Å². The Morgan fingerprint density at radius 3 is 2.58 bits per heavy atom. The zero-order valence-corrected chi connectivity index (χ0v) is 22.9. The number of hydrogen-bond acceptors (Lipinski definition) is 10. The quantitative estimate of drug-likeness (QED) is 0.349. The van der Waals surface area contributed by atoms with Crippen molar-refractivity contribution in [2.75, 3.05) is 56.6 Å². The summed E-state index contributed by atoms with van der Waals surface area (Å²) in [5.41, 5.74) is 2.92. The molecule has 196 valence electrons. The molecule has 0 bridgehead atoms. The van der Waals surface area contributed by atoms with Gasteiger partial charge in [0.05, 0.1) is 40.5 Å². The summed E-state index contributed by atoms with van der Waals surface area (Å²) in [6.45, 7) is 15.8. The van der Waals surface area contributed by atoms with E-state index in [0.29, 0.717) is 12.5 Å². The highest BCUT2D eigenvalue weighted by molar-refractivity contribution is 7.21. The van der Waals surface area contributed by atoms with Crippen LogP contribution in [0.15, 0.2) is 12.3 Å². The topological polar surface area (TPSA) is 108 Å². The molecule has 9 nitrogen and oxygen atoms in total. The number of aromatic nitrogens is 4. The van der Waals surface area contributed by atoms with Gasteiger partial charge in [-0.05, 0) is 46.1 Å². The van der Waals surface area contributed by atoms with Gasteiger partial charge in [0.25, 0.3) is 0 Å². The zero-order valence-electron chi connectivity index (χ0n) is 22.1. The Balaban J connectivity index is 1.57. The minimum atomic E-state index is -0.718. The molecule has 0 aromatic carbocycles. The molecule has 3 N–H and O–H groups in total. The summed E-state index contributed by atoms with van der Waals surface area (Å²) in [5, 5.41) is 18.4. The number of thiazole rings is 1. The fourth-order valence-electron chi connectivity index (χ4n) is 4.70. The van der Waals surface area contributed by atoms with Gasteiger partial charge in [0.15, 0.2) is 0 Å². The largest absolute Gasteiger partial charge is 0.390 e. The van der Waals surface area contributed by atoms with Crippen molar-refractivity contribution in [3.8, 4) is 10.6 Å². The Labute approximate surface area is 217 Å². The summed E-state index contributed by atoms with van der Waals surface area (Å²) in [5.74, 6) is 1.57. The van der Waals surface area contributed by atoms with Gasteiger partial charge in [-0.15, -0.1) is 11.3 Å². The maximum atomic E-state index is 10.5. The van der Waals surface area contributed by atoms with E-state index >= 15 is 0 Å². The van der Waals surface area contributed by atoms with Crippen LogP contribution >= 0.6 is 11.3 Å². The normalized spacial score (nSPS) is 15.8. The average Bonchev–Trinajstić information content (AvgIpc) is 3.26. The molecule has 0 amide bonds. The fourth-order valence-corrected chi connectivity index (χ4v) is 5.81. The Morgan fingerprint density at radius 1 is 1.11 bits per heavy atom. The molecule has 1 saturated heterocycles. The SMILES string of the molecule is CCC(CCNc1nc(NCCN2CCOCC2)nc(C)c1-c1nc2c(C)nccc2s1)C(C)(C)O. The molecule has 3 aromatic heterocycles. The van der Waals surface area contributed by atoms with E-state index in [9.17, 15) is 5.11 Å². The van der Waals surface area contributed by atoms with Crippen LogP contribution in [0.1, 0.15) is 45.0 Å². The molecule has 1 aliphatic heterocycles. The van der Waals surface area contributed by atoms with E-state index in [1.165, 1.54) is 0 Å². The Hall–Kier alpha value is -2.40. The van der Waals surface area contributed by atoms with Crippen LogP contribution in [0.3, 0.4) is 0 Å². The Bertz CT molecular complexity index is 1160. The van der Waals surface area contributed by atoms with Gasteiger partial charge in [-0.3, -0.25) is 9.88 Å². The molecule has 36 heavy (non-hydrogen) atoms. The van der Waals surface area contributed by atoms with Crippen LogP contribution in [-0.4, -0.2) is 81.5 Å². The molecule has 10 heteroatoms. The molecule has 1 atom stereocenters. The monoisotopic (exact) mass is 513 g/mol. The van der Waals surface area contributed by atoms with Crippen molar-refractivity contribution in [2.24, 2.45) is 5.92 Å². The molecule has 0 radical (unpaired) electrons. The zero-order chi connectivity index (χ0) is 25.7. The molecule has 0 aliphatic carbocycles. The lowest BCUT2D eigenvalue weighted by atomic mass is 9.86. The first kappa shape index (κ1) is 26.7. The third-order valence-corrected chi connectivity index (χ3v) is 7.92. The van der Waals surface area contributed by atoms with E-state index in [2.05, 4.69) is 27.4 Å². The maximum Gasteiger partial charge on any atom is 0.224 e. The maximum absolute atomic E-state index is 10.5. The number of pyridine rings is 1. The van der Waals surface area contributed by atoms with E-state index < -0.39 is 5.60 Å². The molecule has 0 saturated carbocycles. The third-order valence-electron chi connectivity index (χ3n) is 6.89. The minimum absolute atomic E-state index is 0.193. The van der Waals surface area contributed by atoms with Crippen molar-refractivity contribution < 1.29 is 9.84 Å². The van der Waals surface area contributed by atoms with Crippen LogP contribution in [0.2, 0.25) is 0 Å². The summed E-state index contributed by atoms with van der Waals surface area (Å²) >= 11 is 1.63. The standard InChI is InChI=1S/C26H39N7O2S/c1-6-19(26(4,5)34)7-9-28-23-21(24-31-22-18(3)27-10-8-20(22)36-24)17(2)30-25(32-23)29-11-12-33-13-15-35-16-14-33/h8,10,19,34H,6-7,9,11-16H2,1-5H3,(H2,28,29,30,32). The third kappa shape index (κ3) is 6.47. The lowest BCUT2D eigenvalue weighted by Crippen LogP contribution is -2.39. The van der Waals surface area contributed by atoms with Gasteiger partial charge < -0.3 is 20.5 Å². The van der Waals surface area contributed by atoms with Crippen LogP contribution in [0, 0.1) is 19.8 Å². The second-order valence-electron chi connectivity index (χ2n) is 9.97. The number of rotatable bonds is 11. The van der Waals surface area contributed by atoms with E-state index in [4.69, 9.17) is 19.7 Å². The second kappa shape index (κ2) is 11.8. The predicted molar refractivity (Wildman–Crippen MR) is 147 cm³/mol. The van der Waals surface area contributed by atoms with Gasteiger partial charge in [-0.25, -0.2) is 9.97 Å². The van der Waals surface area contributed by atoms with Crippen LogP contribution in [0.25, 0.3) is 20.8 Å². The van der Waals surface area contributed by atoms with E-state index in [0.717, 1.165) is 90.2 Å². The molecule has 1 unspecified atom stereocenters. The first-order valence-corrected chi connectivity index (χ1v) is 13.7. The van der Waals surface area contributed by atoms with Crippen molar-refractivity contribution in [1.29, 1.82) is 0 Å². The number of hydrogen-bond donors (Lipinski definition) is 3. The summed E-state index contributed by atoms with van der Waals surface area (Å²) in [6, 6.07) is 2.00. The summed E-state index contributed by atoms with van der Waals surface area (Å²) < 4.78 is 6.54. The van der Waals surface area contributed by atoms with Gasteiger partial charge in [0.2, 0.25) is 5.95 Å². The van der Waals surface area contributed by atoms with Crippen LogP contribution in [-0.2, 0) is 4.74 Å². The van der Waals surface area contributed by atoms with Crippen LogP contribution in [0.5, 0.6) is 0 Å². The highest BCUT2D eigenvalue weighted by Gasteiger charge is 2.25. The smallest absolute Gasteiger partial charge is 0.224 e. The summed E-state index contributed by atoms with van der Waals surface area (Å²) in [7, 11) is 0. The molecular formula is C26H39N7O2S. The van der Waals surface area contributed by atoms with Gasteiger partial charge in [0.1, 0.15) is 16.3 Å². The number of morpholine rings is 1. The second-order valence-corrected chi connectivity index (χ2v) is 11.0. The number of fused-ring (bicyclic) bond motifs is 1. The van der Waals surface area contributed by atoms with Gasteiger partial charge >= 0.3 is 0 Å². The predicted octanol–water partition coefficient (Wildman–Crippen LogP) is 4.11. The van der Waals surface area contributed by atoms with Gasteiger partial charge in [-0.1, -0.05) is 13.3 Å². The first-order chi connectivity index (χ1) is 17.3. The minimum Gasteiger partial charge on any atom is -0.390 e. The molecule has 3 aromatic rings. The highest BCUT2D eigenvalue weighted by atomic mass is 32.1. The number of nitrogens with one attached hydrogen (secondary N) is 2. The number of anilines is 2. The van der Waals surface area contributed by atoms with Crippen LogP contribution in [0.4, 0.5) is 11.8 Å². The van der Waals surface area contributed by atoms with E-state index in [1.54, 1.807) is 11.3 Å². The van der Waals surface area contributed by atoms with Crippen molar-refractivity contribution in [2.45, 2.75) is 53.1 Å². The van der Waals surface area contributed by atoms with Crippen molar-refractivity contribution in [1.82, 2.24) is 24.8 Å². The van der Waals surface area contributed by atoms with Crippen molar-refractivity contribution >= 4 is 33.3 Å².